The van der Waals surface area contributed by atoms with Gasteiger partial charge in [-0.25, -0.2) is 0 Å². The minimum atomic E-state index is 0.658. The van der Waals surface area contributed by atoms with E-state index in [0.29, 0.717) is 13.2 Å². The van der Waals surface area contributed by atoms with Crippen LogP contribution >= 0.6 is 15.9 Å². The van der Waals surface area contributed by atoms with Crippen molar-refractivity contribution in [1.82, 2.24) is 9.78 Å². The molecule has 0 atom stereocenters. The number of halogens is 1. The van der Waals surface area contributed by atoms with Crippen LogP contribution in [0.2, 0.25) is 0 Å². The Morgan fingerprint density at radius 3 is 2.56 bits per heavy atom. The van der Waals surface area contributed by atoms with Gasteiger partial charge in [-0.15, -0.1) is 0 Å². The Balaban J connectivity index is 2.24. The van der Waals surface area contributed by atoms with Gasteiger partial charge in [0.05, 0.1) is 23.4 Å². The quantitative estimate of drug-likeness (QED) is 0.723. The standard InChI is InChI=1S/C11H19BrN2O2/c1-9-11(12)10(2)14(13-9)5-4-6-16-8-7-15-3/h4-8H2,1-3H3. The highest BCUT2D eigenvalue weighted by Crippen LogP contribution is 2.19. The van der Waals surface area contributed by atoms with E-state index in [4.69, 9.17) is 9.47 Å². The number of methoxy groups -OCH3 is 1. The van der Waals surface area contributed by atoms with E-state index in [0.717, 1.165) is 29.7 Å². The minimum absolute atomic E-state index is 0.658. The van der Waals surface area contributed by atoms with Crippen molar-refractivity contribution in [2.45, 2.75) is 26.8 Å². The second-order valence-corrected chi connectivity index (χ2v) is 4.46. The van der Waals surface area contributed by atoms with Crippen molar-refractivity contribution in [3.63, 3.8) is 0 Å². The monoisotopic (exact) mass is 290 g/mol. The van der Waals surface area contributed by atoms with Gasteiger partial charge in [0.1, 0.15) is 0 Å². The van der Waals surface area contributed by atoms with Gasteiger partial charge in [0.25, 0.3) is 0 Å². The van der Waals surface area contributed by atoms with Gasteiger partial charge in [-0.2, -0.15) is 5.10 Å². The van der Waals surface area contributed by atoms with Gasteiger partial charge in [-0.05, 0) is 36.2 Å². The molecule has 0 aliphatic heterocycles. The largest absolute Gasteiger partial charge is 0.382 e. The molecule has 4 nitrogen and oxygen atoms in total. The van der Waals surface area contributed by atoms with E-state index in [9.17, 15) is 0 Å². The summed E-state index contributed by atoms with van der Waals surface area (Å²) in [4.78, 5) is 0. The molecule has 0 saturated carbocycles. The van der Waals surface area contributed by atoms with E-state index in [1.807, 2.05) is 11.6 Å². The van der Waals surface area contributed by atoms with Crippen molar-refractivity contribution in [1.29, 1.82) is 0 Å². The third-order valence-electron chi connectivity index (χ3n) is 2.38. The first-order valence-corrected chi connectivity index (χ1v) is 6.22. The molecule has 1 aromatic rings. The van der Waals surface area contributed by atoms with Crippen LogP contribution < -0.4 is 0 Å². The van der Waals surface area contributed by atoms with Crippen LogP contribution in [-0.2, 0) is 16.0 Å². The van der Waals surface area contributed by atoms with E-state index in [1.165, 1.54) is 5.69 Å². The van der Waals surface area contributed by atoms with Crippen LogP contribution in [-0.4, -0.2) is 36.7 Å². The van der Waals surface area contributed by atoms with Crippen molar-refractivity contribution in [3.8, 4) is 0 Å². The fraction of sp³-hybridized carbons (Fsp3) is 0.727. The number of rotatable bonds is 7. The summed E-state index contributed by atoms with van der Waals surface area (Å²) >= 11 is 3.51. The third kappa shape index (κ3) is 3.88. The lowest BCUT2D eigenvalue weighted by Crippen LogP contribution is -2.08. The highest BCUT2D eigenvalue weighted by Gasteiger charge is 2.07. The molecule has 0 spiro atoms. The van der Waals surface area contributed by atoms with Crippen molar-refractivity contribution >= 4 is 15.9 Å². The second-order valence-electron chi connectivity index (χ2n) is 3.67. The molecule has 0 amide bonds. The van der Waals surface area contributed by atoms with Crippen molar-refractivity contribution in [3.05, 3.63) is 15.9 Å². The zero-order valence-corrected chi connectivity index (χ0v) is 11.7. The van der Waals surface area contributed by atoms with Crippen molar-refractivity contribution < 1.29 is 9.47 Å². The van der Waals surface area contributed by atoms with Crippen LogP contribution in [0.15, 0.2) is 4.47 Å². The minimum Gasteiger partial charge on any atom is -0.382 e. The molecule has 0 bridgehead atoms. The highest BCUT2D eigenvalue weighted by molar-refractivity contribution is 9.10. The molecule has 0 aliphatic carbocycles. The highest BCUT2D eigenvalue weighted by atomic mass is 79.9. The second kappa shape index (κ2) is 7.04. The third-order valence-corrected chi connectivity index (χ3v) is 3.53. The van der Waals surface area contributed by atoms with Crippen LogP contribution in [0.4, 0.5) is 0 Å². The molecule has 1 heterocycles. The Kier molecular flexibility index (Phi) is 6.01. The van der Waals surface area contributed by atoms with Gasteiger partial charge in [0.2, 0.25) is 0 Å². The van der Waals surface area contributed by atoms with E-state index in [1.54, 1.807) is 7.11 Å². The van der Waals surface area contributed by atoms with Crippen molar-refractivity contribution in [2.24, 2.45) is 0 Å². The van der Waals surface area contributed by atoms with Crippen LogP contribution in [0.1, 0.15) is 17.8 Å². The predicted molar refractivity (Wildman–Crippen MR) is 66.7 cm³/mol. The number of hydrogen-bond acceptors (Lipinski definition) is 3. The van der Waals surface area contributed by atoms with Crippen LogP contribution in [0, 0.1) is 13.8 Å². The van der Waals surface area contributed by atoms with Gasteiger partial charge >= 0.3 is 0 Å². The molecule has 0 N–H and O–H groups in total. The Morgan fingerprint density at radius 2 is 2.00 bits per heavy atom. The van der Waals surface area contributed by atoms with Crippen LogP contribution in [0.25, 0.3) is 0 Å². The topological polar surface area (TPSA) is 36.3 Å². The number of hydrogen-bond donors (Lipinski definition) is 0. The summed E-state index contributed by atoms with van der Waals surface area (Å²) in [6.07, 6.45) is 0.970. The maximum Gasteiger partial charge on any atom is 0.0738 e. The summed E-state index contributed by atoms with van der Waals surface area (Å²) < 4.78 is 13.4. The van der Waals surface area contributed by atoms with E-state index >= 15 is 0 Å². The molecular weight excluding hydrogens is 272 g/mol. The fourth-order valence-corrected chi connectivity index (χ4v) is 1.74. The van der Waals surface area contributed by atoms with E-state index < -0.39 is 0 Å². The smallest absolute Gasteiger partial charge is 0.0738 e. The summed E-state index contributed by atoms with van der Waals surface area (Å²) in [5.41, 5.74) is 2.21. The normalized spacial score (nSPS) is 11.0. The number of nitrogens with zero attached hydrogens (tertiary/aromatic N) is 2. The first kappa shape index (κ1) is 13.7. The lowest BCUT2D eigenvalue weighted by molar-refractivity contribution is 0.0676. The molecule has 1 rings (SSSR count). The molecule has 0 unspecified atom stereocenters. The average molecular weight is 291 g/mol. The first-order chi connectivity index (χ1) is 7.66. The van der Waals surface area contributed by atoms with Crippen molar-refractivity contribution in [2.75, 3.05) is 26.9 Å². The molecule has 0 radical (unpaired) electrons. The van der Waals surface area contributed by atoms with Gasteiger partial charge in [0.15, 0.2) is 0 Å². The molecular formula is C11H19BrN2O2. The molecule has 0 aromatic carbocycles. The number of aromatic nitrogens is 2. The number of ether oxygens (including phenoxy) is 2. The predicted octanol–water partition coefficient (Wildman–Crippen LogP) is 2.32. The Labute approximate surface area is 105 Å². The zero-order valence-electron chi connectivity index (χ0n) is 10.1. The fourth-order valence-electron chi connectivity index (χ4n) is 1.45. The summed E-state index contributed by atoms with van der Waals surface area (Å²) in [6, 6.07) is 0. The Bertz CT molecular complexity index is 326. The Hall–Kier alpha value is -0.390. The summed E-state index contributed by atoms with van der Waals surface area (Å²) in [6.45, 7) is 7.03. The summed E-state index contributed by atoms with van der Waals surface area (Å²) in [5, 5.41) is 4.43. The van der Waals surface area contributed by atoms with Gasteiger partial charge in [0, 0.05) is 26.0 Å². The zero-order chi connectivity index (χ0) is 12.0. The SMILES string of the molecule is COCCOCCCn1nc(C)c(Br)c1C. The molecule has 5 heteroatoms. The van der Waals surface area contributed by atoms with E-state index in [-0.39, 0.29) is 0 Å². The van der Waals surface area contributed by atoms with Gasteiger partial charge in [-0.1, -0.05) is 0 Å². The maximum atomic E-state index is 5.39. The molecule has 1 aromatic heterocycles. The molecule has 16 heavy (non-hydrogen) atoms. The summed E-state index contributed by atoms with van der Waals surface area (Å²) in [7, 11) is 1.68. The molecule has 92 valence electrons. The molecule has 0 aliphatic rings. The van der Waals surface area contributed by atoms with Crippen LogP contribution in [0.5, 0.6) is 0 Å². The van der Waals surface area contributed by atoms with Gasteiger partial charge in [-0.3, -0.25) is 4.68 Å². The Morgan fingerprint density at radius 1 is 1.25 bits per heavy atom. The molecule has 0 fully saturated rings. The van der Waals surface area contributed by atoms with E-state index in [2.05, 4.69) is 28.0 Å². The van der Waals surface area contributed by atoms with Gasteiger partial charge < -0.3 is 9.47 Å². The molecule has 0 saturated heterocycles. The maximum absolute atomic E-state index is 5.39. The first-order valence-electron chi connectivity index (χ1n) is 5.43. The summed E-state index contributed by atoms with van der Waals surface area (Å²) in [5.74, 6) is 0. The van der Waals surface area contributed by atoms with Crippen LogP contribution in [0.3, 0.4) is 0 Å². The average Bonchev–Trinajstić information content (AvgIpc) is 2.51. The number of aryl methyl sites for hydroxylation is 2. The lowest BCUT2D eigenvalue weighted by Gasteiger charge is -2.05. The lowest BCUT2D eigenvalue weighted by atomic mass is 10.4.